The number of hydrogen-bond donors (Lipinski definition) is 2. The van der Waals surface area contributed by atoms with E-state index in [-0.39, 0.29) is 5.91 Å². The van der Waals surface area contributed by atoms with Crippen molar-refractivity contribution in [3.63, 3.8) is 0 Å². The van der Waals surface area contributed by atoms with Gasteiger partial charge in [0, 0.05) is 22.7 Å². The average Bonchev–Trinajstić information content (AvgIpc) is 2.52. The lowest BCUT2D eigenvalue weighted by Crippen LogP contribution is -2.35. The molecule has 5 heteroatoms. The van der Waals surface area contributed by atoms with Crippen molar-refractivity contribution in [2.45, 2.75) is 0 Å². The Hall–Kier alpha value is -3.21. The van der Waals surface area contributed by atoms with E-state index >= 15 is 0 Å². The second kappa shape index (κ2) is 4.39. The fraction of sp³-hybridized carbons (Fsp3) is 0. The van der Waals surface area contributed by atoms with Gasteiger partial charge in [0.25, 0.3) is 11.8 Å². The monoisotopic (exact) mass is 289 g/mol. The van der Waals surface area contributed by atoms with Crippen molar-refractivity contribution >= 4 is 28.3 Å². The summed E-state index contributed by atoms with van der Waals surface area (Å²) in [5, 5.41) is 3.87. The van der Waals surface area contributed by atoms with Gasteiger partial charge in [-0.1, -0.05) is 24.3 Å². The van der Waals surface area contributed by atoms with Crippen LogP contribution in [0.1, 0.15) is 20.7 Å². The summed E-state index contributed by atoms with van der Waals surface area (Å²) < 4.78 is 0. The van der Waals surface area contributed by atoms with Gasteiger partial charge in [-0.05, 0) is 23.6 Å². The van der Waals surface area contributed by atoms with Gasteiger partial charge in [-0.15, -0.1) is 0 Å². The van der Waals surface area contributed by atoms with Crippen LogP contribution in [0.4, 0.5) is 5.69 Å². The first-order chi connectivity index (χ1) is 10.7. The highest BCUT2D eigenvalue weighted by molar-refractivity contribution is 6.27. The van der Waals surface area contributed by atoms with E-state index in [1.54, 1.807) is 30.5 Å². The minimum Gasteiger partial charge on any atom is -0.397 e. The lowest BCUT2D eigenvalue weighted by molar-refractivity contribution is 0.0845. The van der Waals surface area contributed by atoms with Gasteiger partial charge in [0.15, 0.2) is 0 Å². The van der Waals surface area contributed by atoms with Gasteiger partial charge in [0.05, 0.1) is 16.9 Å². The topological polar surface area (TPSA) is 85.1 Å². The maximum Gasteiger partial charge on any atom is 0.259 e. The maximum absolute atomic E-state index is 12.4. The summed E-state index contributed by atoms with van der Waals surface area (Å²) in [6, 6.07) is 12.5. The van der Waals surface area contributed by atoms with Crippen LogP contribution < -0.4 is 11.1 Å². The Kier molecular flexibility index (Phi) is 2.50. The van der Waals surface area contributed by atoms with E-state index in [0.717, 1.165) is 5.39 Å². The van der Waals surface area contributed by atoms with Gasteiger partial charge in [-0.25, -0.2) is 0 Å². The molecule has 0 aliphatic carbocycles. The number of carbonyl (C=O) groups is 2. The number of amides is 2. The van der Waals surface area contributed by atoms with E-state index in [1.807, 2.05) is 18.2 Å². The molecule has 1 aliphatic heterocycles. The molecule has 3 N–H and O–H groups in total. The second-order valence-corrected chi connectivity index (χ2v) is 5.12. The van der Waals surface area contributed by atoms with Crippen molar-refractivity contribution in [2.24, 2.45) is 0 Å². The van der Waals surface area contributed by atoms with Crippen molar-refractivity contribution in [3.05, 3.63) is 59.8 Å². The number of aromatic nitrogens is 1. The molecule has 0 bridgehead atoms. The number of imide groups is 1. The highest BCUT2D eigenvalue weighted by Gasteiger charge is 2.28. The Balaban J connectivity index is 2.16. The predicted molar refractivity (Wildman–Crippen MR) is 83.4 cm³/mol. The summed E-state index contributed by atoms with van der Waals surface area (Å²) in [7, 11) is 0. The standard InChI is InChI=1S/C17H11N3O2/c18-12-5-2-8-19-15(12)10-7-6-9-3-1-4-11-13(9)14(10)17(22)20-16(11)21/h1-8H,18H2,(H,20,21,22). The Labute approximate surface area is 125 Å². The molecule has 0 unspecified atom stereocenters. The predicted octanol–water partition coefficient (Wildman–Crippen LogP) is 2.37. The molecule has 5 nitrogen and oxygen atoms in total. The van der Waals surface area contributed by atoms with E-state index in [2.05, 4.69) is 10.3 Å². The SMILES string of the molecule is Nc1cccnc1-c1ccc2cccc3c2c1C(=O)NC3=O. The number of rotatable bonds is 1. The number of nitrogens with zero attached hydrogens (tertiary/aromatic N) is 1. The largest absolute Gasteiger partial charge is 0.397 e. The number of nitrogens with two attached hydrogens (primary N) is 1. The first-order valence-electron chi connectivity index (χ1n) is 6.79. The number of carbonyl (C=O) groups excluding carboxylic acids is 2. The molecule has 4 rings (SSSR count). The molecule has 2 aromatic carbocycles. The summed E-state index contributed by atoms with van der Waals surface area (Å²) in [5.74, 6) is -0.802. The normalized spacial score (nSPS) is 13.3. The van der Waals surface area contributed by atoms with Gasteiger partial charge in [0.2, 0.25) is 0 Å². The lowest BCUT2D eigenvalue weighted by Gasteiger charge is -2.19. The molecule has 2 heterocycles. The summed E-state index contributed by atoms with van der Waals surface area (Å²) in [4.78, 5) is 28.7. The molecule has 106 valence electrons. The molecule has 3 aromatic rings. The van der Waals surface area contributed by atoms with Crippen molar-refractivity contribution in [3.8, 4) is 11.3 Å². The van der Waals surface area contributed by atoms with Crippen LogP contribution >= 0.6 is 0 Å². The van der Waals surface area contributed by atoms with Gasteiger partial charge in [0.1, 0.15) is 0 Å². The van der Waals surface area contributed by atoms with Crippen LogP contribution in [0.25, 0.3) is 22.0 Å². The first-order valence-corrected chi connectivity index (χ1v) is 6.79. The molecule has 1 aliphatic rings. The first kappa shape index (κ1) is 12.5. The van der Waals surface area contributed by atoms with E-state index in [0.29, 0.717) is 33.5 Å². The van der Waals surface area contributed by atoms with Gasteiger partial charge < -0.3 is 5.73 Å². The van der Waals surface area contributed by atoms with Crippen molar-refractivity contribution in [2.75, 3.05) is 5.73 Å². The number of hydrogen-bond acceptors (Lipinski definition) is 4. The molecular formula is C17H11N3O2. The maximum atomic E-state index is 12.4. The Morgan fingerprint density at radius 1 is 0.909 bits per heavy atom. The zero-order valence-electron chi connectivity index (χ0n) is 11.5. The van der Waals surface area contributed by atoms with Gasteiger partial charge in [-0.2, -0.15) is 0 Å². The van der Waals surface area contributed by atoms with Crippen LogP contribution in [0.15, 0.2) is 48.7 Å². The van der Waals surface area contributed by atoms with Crippen molar-refractivity contribution in [1.82, 2.24) is 10.3 Å². The van der Waals surface area contributed by atoms with E-state index in [1.165, 1.54) is 0 Å². The molecule has 0 spiro atoms. The van der Waals surface area contributed by atoms with Crippen LogP contribution in [0.2, 0.25) is 0 Å². The summed E-state index contributed by atoms with van der Waals surface area (Å²) in [6.45, 7) is 0. The third kappa shape index (κ3) is 1.62. The number of nitrogens with one attached hydrogen (secondary N) is 1. The lowest BCUT2D eigenvalue weighted by atomic mass is 9.90. The summed E-state index contributed by atoms with van der Waals surface area (Å²) in [6.07, 6.45) is 1.63. The molecule has 22 heavy (non-hydrogen) atoms. The minimum atomic E-state index is -0.422. The summed E-state index contributed by atoms with van der Waals surface area (Å²) in [5.41, 5.74) is 8.57. The van der Waals surface area contributed by atoms with Gasteiger partial charge >= 0.3 is 0 Å². The van der Waals surface area contributed by atoms with Gasteiger partial charge in [-0.3, -0.25) is 19.9 Å². The number of anilines is 1. The molecule has 0 saturated carbocycles. The molecule has 1 aromatic heterocycles. The van der Waals surface area contributed by atoms with Crippen LogP contribution in [0.3, 0.4) is 0 Å². The van der Waals surface area contributed by atoms with Crippen LogP contribution in [0.5, 0.6) is 0 Å². The summed E-state index contributed by atoms with van der Waals surface area (Å²) >= 11 is 0. The number of nitrogen functional groups attached to an aromatic ring is 1. The Bertz CT molecular complexity index is 963. The molecule has 2 amide bonds. The third-order valence-electron chi connectivity index (χ3n) is 3.84. The van der Waals surface area contributed by atoms with Crippen LogP contribution in [-0.4, -0.2) is 16.8 Å². The third-order valence-corrected chi connectivity index (χ3v) is 3.84. The van der Waals surface area contributed by atoms with E-state index in [4.69, 9.17) is 5.73 Å². The smallest absolute Gasteiger partial charge is 0.259 e. The zero-order valence-corrected chi connectivity index (χ0v) is 11.5. The van der Waals surface area contributed by atoms with Crippen molar-refractivity contribution < 1.29 is 9.59 Å². The van der Waals surface area contributed by atoms with Crippen LogP contribution in [-0.2, 0) is 0 Å². The van der Waals surface area contributed by atoms with Crippen LogP contribution in [0, 0.1) is 0 Å². The second-order valence-electron chi connectivity index (χ2n) is 5.12. The molecule has 0 saturated heterocycles. The molecule has 0 fully saturated rings. The van der Waals surface area contributed by atoms with E-state index < -0.39 is 5.91 Å². The Morgan fingerprint density at radius 2 is 1.77 bits per heavy atom. The molecule has 0 atom stereocenters. The highest BCUT2D eigenvalue weighted by Crippen LogP contribution is 2.35. The zero-order chi connectivity index (χ0) is 15.3. The van der Waals surface area contributed by atoms with E-state index in [9.17, 15) is 9.59 Å². The Morgan fingerprint density at radius 3 is 2.59 bits per heavy atom. The average molecular weight is 289 g/mol. The fourth-order valence-electron chi connectivity index (χ4n) is 2.88. The quantitative estimate of drug-likeness (QED) is 0.673. The fourth-order valence-corrected chi connectivity index (χ4v) is 2.88. The number of benzene rings is 2. The van der Waals surface area contributed by atoms with Crippen molar-refractivity contribution in [1.29, 1.82) is 0 Å². The minimum absolute atomic E-state index is 0.380. The number of pyridine rings is 1. The molecular weight excluding hydrogens is 278 g/mol. The highest BCUT2D eigenvalue weighted by atomic mass is 16.2. The molecule has 0 radical (unpaired) electrons.